The van der Waals surface area contributed by atoms with Crippen LogP contribution in [0.5, 0.6) is 11.5 Å². The van der Waals surface area contributed by atoms with Crippen LogP contribution in [0.15, 0.2) is 48.5 Å². The number of benzene rings is 2. The third-order valence-electron chi connectivity index (χ3n) is 2.83. The minimum Gasteiger partial charge on any atom is -0.490 e. The van der Waals surface area contributed by atoms with Crippen molar-refractivity contribution in [3.8, 4) is 11.5 Å². The largest absolute Gasteiger partial charge is 0.490 e. The first-order valence-corrected chi connectivity index (χ1v) is 6.90. The molecule has 2 aromatic rings. The molecule has 0 saturated heterocycles. The molecule has 0 amide bonds. The predicted molar refractivity (Wildman–Crippen MR) is 81.5 cm³/mol. The van der Waals surface area contributed by atoms with Crippen molar-refractivity contribution in [2.45, 2.75) is 13.0 Å². The molecule has 0 heterocycles. The van der Waals surface area contributed by atoms with Crippen LogP contribution in [0.4, 0.5) is 0 Å². The molecule has 0 bridgehead atoms. The van der Waals surface area contributed by atoms with Gasteiger partial charge in [0.25, 0.3) is 0 Å². The highest BCUT2D eigenvalue weighted by molar-refractivity contribution is 6.32. The zero-order valence-electron chi connectivity index (χ0n) is 11.4. The Kier molecular flexibility index (Phi) is 5.27. The zero-order chi connectivity index (χ0) is 14.4. The summed E-state index contributed by atoms with van der Waals surface area (Å²) in [7, 11) is 0. The van der Waals surface area contributed by atoms with Crippen molar-refractivity contribution in [2.24, 2.45) is 5.73 Å². The maximum absolute atomic E-state index is 6.15. The number of para-hydroxylation sites is 1. The highest BCUT2D eigenvalue weighted by atomic mass is 35.5. The fraction of sp³-hybridized carbons (Fsp3) is 0.250. The van der Waals surface area contributed by atoms with Crippen molar-refractivity contribution >= 4 is 11.6 Å². The zero-order valence-corrected chi connectivity index (χ0v) is 12.1. The number of nitrogens with two attached hydrogens (primary N) is 1. The van der Waals surface area contributed by atoms with Gasteiger partial charge in [0.15, 0.2) is 0 Å². The van der Waals surface area contributed by atoms with Crippen LogP contribution in [0.3, 0.4) is 0 Å². The Labute approximate surface area is 124 Å². The second-order valence-electron chi connectivity index (χ2n) is 4.49. The molecule has 1 atom stereocenters. The summed E-state index contributed by atoms with van der Waals surface area (Å²) in [5.41, 5.74) is 6.79. The van der Waals surface area contributed by atoms with Gasteiger partial charge in [0, 0.05) is 6.04 Å². The van der Waals surface area contributed by atoms with Crippen LogP contribution in [0.25, 0.3) is 0 Å². The van der Waals surface area contributed by atoms with Gasteiger partial charge in [0.1, 0.15) is 24.7 Å². The van der Waals surface area contributed by atoms with E-state index in [4.69, 9.17) is 26.8 Å². The lowest BCUT2D eigenvalue weighted by Gasteiger charge is -2.11. The Hall–Kier alpha value is -1.71. The summed E-state index contributed by atoms with van der Waals surface area (Å²) in [6, 6.07) is 15.2. The van der Waals surface area contributed by atoms with E-state index in [-0.39, 0.29) is 6.04 Å². The Morgan fingerprint density at radius 2 is 1.75 bits per heavy atom. The molecule has 0 aliphatic rings. The lowest BCUT2D eigenvalue weighted by molar-refractivity contribution is 0.217. The lowest BCUT2D eigenvalue weighted by Crippen LogP contribution is -2.09. The first kappa shape index (κ1) is 14.7. The predicted octanol–water partition coefficient (Wildman–Crippen LogP) is 3.82. The van der Waals surface area contributed by atoms with Crippen LogP contribution in [-0.2, 0) is 0 Å². The van der Waals surface area contributed by atoms with Crippen molar-refractivity contribution in [3.63, 3.8) is 0 Å². The van der Waals surface area contributed by atoms with E-state index in [2.05, 4.69) is 0 Å². The first-order chi connectivity index (χ1) is 9.66. The molecule has 2 N–H and O–H groups in total. The van der Waals surface area contributed by atoms with Crippen molar-refractivity contribution < 1.29 is 9.47 Å². The van der Waals surface area contributed by atoms with Crippen molar-refractivity contribution in [1.82, 2.24) is 0 Å². The summed E-state index contributed by atoms with van der Waals surface area (Å²) < 4.78 is 11.1. The molecular formula is C16H18ClNO2. The van der Waals surface area contributed by atoms with Crippen LogP contribution in [0.2, 0.25) is 5.02 Å². The highest BCUT2D eigenvalue weighted by Crippen LogP contribution is 2.27. The normalized spacial score (nSPS) is 11.9. The van der Waals surface area contributed by atoms with E-state index in [1.54, 1.807) is 0 Å². The van der Waals surface area contributed by atoms with Gasteiger partial charge in [0.2, 0.25) is 0 Å². The van der Waals surface area contributed by atoms with Gasteiger partial charge >= 0.3 is 0 Å². The second kappa shape index (κ2) is 7.17. The van der Waals surface area contributed by atoms with E-state index in [1.807, 2.05) is 55.5 Å². The van der Waals surface area contributed by atoms with Crippen LogP contribution >= 0.6 is 11.6 Å². The topological polar surface area (TPSA) is 44.5 Å². The van der Waals surface area contributed by atoms with Gasteiger partial charge in [0.05, 0.1) is 5.02 Å². The molecule has 106 valence electrons. The third kappa shape index (κ3) is 4.15. The molecule has 0 spiro atoms. The van der Waals surface area contributed by atoms with Gasteiger partial charge in [-0.3, -0.25) is 0 Å². The first-order valence-electron chi connectivity index (χ1n) is 6.52. The molecular weight excluding hydrogens is 274 g/mol. The molecule has 4 heteroatoms. The Morgan fingerprint density at radius 3 is 2.40 bits per heavy atom. The van der Waals surface area contributed by atoms with Gasteiger partial charge < -0.3 is 15.2 Å². The number of hydrogen-bond donors (Lipinski definition) is 1. The molecule has 3 nitrogen and oxygen atoms in total. The molecule has 0 unspecified atom stereocenters. The molecule has 0 radical (unpaired) electrons. The number of hydrogen-bond acceptors (Lipinski definition) is 3. The van der Waals surface area contributed by atoms with Gasteiger partial charge in [-0.05, 0) is 36.8 Å². The quantitative estimate of drug-likeness (QED) is 0.823. The monoisotopic (exact) mass is 291 g/mol. The molecule has 2 rings (SSSR count). The van der Waals surface area contributed by atoms with E-state index >= 15 is 0 Å². The van der Waals surface area contributed by atoms with Gasteiger partial charge in [-0.25, -0.2) is 0 Å². The summed E-state index contributed by atoms with van der Waals surface area (Å²) in [5, 5.41) is 0.569. The molecule has 0 aliphatic carbocycles. The van der Waals surface area contributed by atoms with Crippen molar-refractivity contribution in [2.75, 3.05) is 13.2 Å². The van der Waals surface area contributed by atoms with Crippen LogP contribution < -0.4 is 15.2 Å². The Morgan fingerprint density at radius 1 is 1.05 bits per heavy atom. The summed E-state index contributed by atoms with van der Waals surface area (Å²) in [4.78, 5) is 0. The molecule has 2 aromatic carbocycles. The van der Waals surface area contributed by atoms with E-state index in [0.717, 1.165) is 11.3 Å². The average molecular weight is 292 g/mol. The highest BCUT2D eigenvalue weighted by Gasteiger charge is 2.05. The lowest BCUT2D eigenvalue weighted by atomic mass is 10.1. The summed E-state index contributed by atoms with van der Waals surface area (Å²) in [6.07, 6.45) is 0. The number of ether oxygens (including phenoxy) is 2. The van der Waals surface area contributed by atoms with E-state index in [9.17, 15) is 0 Å². The molecule has 0 saturated carbocycles. The standard InChI is InChI=1S/C16H18ClNO2/c1-12(18)13-7-8-16(15(17)11-13)20-10-9-19-14-5-3-2-4-6-14/h2-8,11-12H,9-10,18H2,1H3/t12-/m1/s1. The maximum Gasteiger partial charge on any atom is 0.138 e. The fourth-order valence-electron chi connectivity index (χ4n) is 1.75. The van der Waals surface area contributed by atoms with E-state index in [1.165, 1.54) is 0 Å². The Balaban J connectivity index is 1.82. The molecule has 0 aliphatic heterocycles. The van der Waals surface area contributed by atoms with Gasteiger partial charge in [-0.2, -0.15) is 0 Å². The minimum absolute atomic E-state index is 0.0389. The average Bonchev–Trinajstić information content (AvgIpc) is 2.46. The summed E-state index contributed by atoms with van der Waals surface area (Å²) in [5.74, 6) is 1.47. The van der Waals surface area contributed by atoms with Gasteiger partial charge in [-0.1, -0.05) is 35.9 Å². The SMILES string of the molecule is C[C@@H](N)c1ccc(OCCOc2ccccc2)c(Cl)c1. The number of rotatable bonds is 6. The maximum atomic E-state index is 6.15. The van der Waals surface area contributed by atoms with Crippen LogP contribution in [-0.4, -0.2) is 13.2 Å². The summed E-state index contributed by atoms with van der Waals surface area (Å²) >= 11 is 6.15. The van der Waals surface area contributed by atoms with E-state index in [0.29, 0.717) is 24.0 Å². The third-order valence-corrected chi connectivity index (χ3v) is 3.13. The second-order valence-corrected chi connectivity index (χ2v) is 4.90. The minimum atomic E-state index is -0.0389. The fourth-order valence-corrected chi connectivity index (χ4v) is 1.99. The van der Waals surface area contributed by atoms with Gasteiger partial charge in [-0.15, -0.1) is 0 Å². The van der Waals surface area contributed by atoms with Crippen LogP contribution in [0.1, 0.15) is 18.5 Å². The van der Waals surface area contributed by atoms with Crippen molar-refractivity contribution in [3.05, 3.63) is 59.1 Å². The van der Waals surface area contributed by atoms with Crippen LogP contribution in [0, 0.1) is 0 Å². The molecule has 0 fully saturated rings. The molecule has 0 aromatic heterocycles. The smallest absolute Gasteiger partial charge is 0.138 e. The van der Waals surface area contributed by atoms with E-state index < -0.39 is 0 Å². The summed E-state index contributed by atoms with van der Waals surface area (Å²) in [6.45, 7) is 2.82. The van der Waals surface area contributed by atoms with Crippen molar-refractivity contribution in [1.29, 1.82) is 0 Å². The number of halogens is 1. The Bertz CT molecular complexity index is 543. The molecule has 20 heavy (non-hydrogen) atoms.